The Kier molecular flexibility index (Phi) is 4.11. The molecule has 1 aromatic heterocycles. The lowest BCUT2D eigenvalue weighted by atomic mass is 10.2. The van der Waals surface area contributed by atoms with Crippen molar-refractivity contribution in [2.45, 2.75) is 38.3 Å². The van der Waals surface area contributed by atoms with Crippen LogP contribution in [0, 0.1) is 13.8 Å². The lowest BCUT2D eigenvalue weighted by Crippen LogP contribution is -2.22. The minimum Gasteiger partial charge on any atom is -0.478 e. The number of rotatable bonds is 4. The molecule has 94 valence electrons. The molecule has 0 unspecified atom stereocenters. The Morgan fingerprint density at radius 1 is 1.35 bits per heavy atom. The summed E-state index contributed by atoms with van der Waals surface area (Å²) < 4.78 is 0. The molecule has 0 saturated heterocycles. The minimum absolute atomic E-state index is 0.116. The fourth-order valence-electron chi connectivity index (χ4n) is 1.28. The fourth-order valence-corrected chi connectivity index (χ4v) is 2.34. The Bertz CT molecular complexity index is 441. The Morgan fingerprint density at radius 3 is 2.41 bits per heavy atom. The smallest absolute Gasteiger partial charge is 0.340 e. The van der Waals surface area contributed by atoms with Gasteiger partial charge >= 0.3 is 5.97 Å². The zero-order chi connectivity index (χ0) is 13.2. The van der Waals surface area contributed by atoms with Gasteiger partial charge in [0.25, 0.3) is 0 Å². The summed E-state index contributed by atoms with van der Waals surface area (Å²) in [5.74, 6) is -0.130. The van der Waals surface area contributed by atoms with E-state index in [1.165, 1.54) is 11.8 Å². The van der Waals surface area contributed by atoms with Crippen molar-refractivity contribution in [2.24, 2.45) is 0 Å². The second kappa shape index (κ2) is 5.01. The normalized spacial score (nSPS) is 11.6. The number of carbonyl (C=O) groups is 1. The maximum atomic E-state index is 11.1. The predicted molar refractivity (Wildman–Crippen MR) is 65.5 cm³/mol. The van der Waals surface area contributed by atoms with E-state index in [-0.39, 0.29) is 5.56 Å². The van der Waals surface area contributed by atoms with E-state index in [1.54, 1.807) is 27.7 Å². The molecule has 0 amide bonds. The van der Waals surface area contributed by atoms with Crippen LogP contribution in [-0.2, 0) is 0 Å². The van der Waals surface area contributed by atoms with Crippen molar-refractivity contribution in [1.29, 1.82) is 0 Å². The van der Waals surface area contributed by atoms with Crippen LogP contribution >= 0.6 is 11.8 Å². The van der Waals surface area contributed by atoms with Crippen LogP contribution in [0.5, 0.6) is 0 Å². The maximum absolute atomic E-state index is 11.1. The van der Waals surface area contributed by atoms with E-state index in [0.29, 0.717) is 22.3 Å². The third kappa shape index (κ3) is 3.98. The minimum atomic E-state index is -1.04. The number of aryl methyl sites for hydroxylation is 2. The van der Waals surface area contributed by atoms with Gasteiger partial charge in [0.05, 0.1) is 11.3 Å². The topological polar surface area (TPSA) is 83.3 Å². The van der Waals surface area contributed by atoms with Gasteiger partial charge in [-0.25, -0.2) is 14.8 Å². The number of carboxylic acid groups (broad SMARTS) is 1. The summed E-state index contributed by atoms with van der Waals surface area (Å²) in [5.41, 5.74) is -0.305. The Morgan fingerprint density at radius 2 is 1.94 bits per heavy atom. The van der Waals surface area contributed by atoms with Crippen molar-refractivity contribution in [2.75, 3.05) is 5.75 Å². The molecule has 0 aliphatic heterocycles. The van der Waals surface area contributed by atoms with Crippen LogP contribution in [0.2, 0.25) is 0 Å². The molecular formula is C11H16N2O3S. The number of thioether (sulfide) groups is 1. The monoisotopic (exact) mass is 256 g/mol. The van der Waals surface area contributed by atoms with Gasteiger partial charge in [-0.3, -0.25) is 0 Å². The first-order valence-corrected chi connectivity index (χ1v) is 6.13. The fraction of sp³-hybridized carbons (Fsp3) is 0.545. The molecule has 0 saturated carbocycles. The maximum Gasteiger partial charge on any atom is 0.340 e. The number of aliphatic hydroxyl groups is 1. The number of hydrogen-bond acceptors (Lipinski definition) is 5. The van der Waals surface area contributed by atoms with E-state index in [1.807, 2.05) is 0 Å². The van der Waals surface area contributed by atoms with Crippen molar-refractivity contribution in [1.82, 2.24) is 9.97 Å². The van der Waals surface area contributed by atoms with Crippen LogP contribution in [0.25, 0.3) is 0 Å². The van der Waals surface area contributed by atoms with Gasteiger partial charge in [-0.15, -0.1) is 11.8 Å². The quantitative estimate of drug-likeness (QED) is 0.629. The molecule has 0 spiro atoms. The van der Waals surface area contributed by atoms with Crippen LogP contribution < -0.4 is 0 Å². The van der Waals surface area contributed by atoms with E-state index in [2.05, 4.69) is 9.97 Å². The van der Waals surface area contributed by atoms with E-state index in [9.17, 15) is 9.90 Å². The standard InChI is InChI=1S/C11H16N2O3S/c1-6-8(10(14)15)9(13-7(2)12-6)17-5-11(3,4)16/h16H,5H2,1-4H3,(H,14,15). The summed E-state index contributed by atoms with van der Waals surface area (Å²) >= 11 is 1.23. The van der Waals surface area contributed by atoms with Crippen LogP contribution in [0.1, 0.15) is 35.7 Å². The summed E-state index contributed by atoms with van der Waals surface area (Å²) in [6, 6.07) is 0. The zero-order valence-corrected chi connectivity index (χ0v) is 11.1. The first-order chi connectivity index (χ1) is 7.70. The van der Waals surface area contributed by atoms with Crippen molar-refractivity contribution < 1.29 is 15.0 Å². The lowest BCUT2D eigenvalue weighted by molar-refractivity contribution is 0.0690. The zero-order valence-electron chi connectivity index (χ0n) is 10.3. The second-order valence-corrected chi connectivity index (χ2v) is 5.41. The van der Waals surface area contributed by atoms with E-state index in [4.69, 9.17) is 5.11 Å². The number of carboxylic acids is 1. The van der Waals surface area contributed by atoms with Crippen molar-refractivity contribution in [3.05, 3.63) is 17.1 Å². The van der Waals surface area contributed by atoms with E-state index < -0.39 is 11.6 Å². The summed E-state index contributed by atoms with van der Waals surface area (Å²) in [6.07, 6.45) is 0. The molecule has 0 bridgehead atoms. The Labute approximate surface area is 104 Å². The molecule has 5 nitrogen and oxygen atoms in total. The van der Waals surface area contributed by atoms with Gasteiger partial charge in [0, 0.05) is 5.75 Å². The summed E-state index contributed by atoms with van der Waals surface area (Å²) in [7, 11) is 0. The summed E-state index contributed by atoms with van der Waals surface area (Å²) in [4.78, 5) is 19.3. The SMILES string of the molecule is Cc1nc(C)c(C(=O)O)c(SCC(C)(C)O)n1. The Balaban J connectivity index is 3.09. The lowest BCUT2D eigenvalue weighted by Gasteiger charge is -2.17. The molecule has 0 fully saturated rings. The molecule has 6 heteroatoms. The highest BCUT2D eigenvalue weighted by molar-refractivity contribution is 7.99. The third-order valence-electron chi connectivity index (χ3n) is 1.94. The molecule has 17 heavy (non-hydrogen) atoms. The molecule has 0 aliphatic carbocycles. The van der Waals surface area contributed by atoms with Crippen LogP contribution in [0.3, 0.4) is 0 Å². The average molecular weight is 256 g/mol. The number of aromatic nitrogens is 2. The van der Waals surface area contributed by atoms with Gasteiger partial charge in [0.15, 0.2) is 0 Å². The van der Waals surface area contributed by atoms with Crippen LogP contribution in [-0.4, -0.2) is 37.5 Å². The Hall–Kier alpha value is -1.14. The largest absolute Gasteiger partial charge is 0.478 e. The highest BCUT2D eigenvalue weighted by atomic mass is 32.2. The average Bonchev–Trinajstić information content (AvgIpc) is 2.11. The molecule has 2 N–H and O–H groups in total. The molecule has 0 aliphatic rings. The van der Waals surface area contributed by atoms with Crippen molar-refractivity contribution >= 4 is 17.7 Å². The highest BCUT2D eigenvalue weighted by Crippen LogP contribution is 2.25. The van der Waals surface area contributed by atoms with Crippen molar-refractivity contribution in [3.63, 3.8) is 0 Å². The molecule has 0 atom stereocenters. The van der Waals surface area contributed by atoms with Gasteiger partial charge in [0.2, 0.25) is 0 Å². The van der Waals surface area contributed by atoms with E-state index in [0.717, 1.165) is 0 Å². The van der Waals surface area contributed by atoms with Crippen LogP contribution in [0.4, 0.5) is 0 Å². The second-order valence-electron chi connectivity index (χ2n) is 4.44. The molecule has 1 heterocycles. The number of hydrogen-bond donors (Lipinski definition) is 2. The molecule has 0 radical (unpaired) electrons. The van der Waals surface area contributed by atoms with Gasteiger partial charge in [-0.2, -0.15) is 0 Å². The number of nitrogens with zero attached hydrogens (tertiary/aromatic N) is 2. The highest BCUT2D eigenvalue weighted by Gasteiger charge is 2.20. The first kappa shape index (κ1) is 13.9. The summed E-state index contributed by atoms with van der Waals surface area (Å²) in [5, 5.41) is 19.2. The van der Waals surface area contributed by atoms with Gasteiger partial charge < -0.3 is 10.2 Å². The molecule has 0 aromatic carbocycles. The third-order valence-corrected chi connectivity index (χ3v) is 3.36. The molecule has 1 aromatic rings. The van der Waals surface area contributed by atoms with Gasteiger partial charge in [-0.1, -0.05) is 0 Å². The van der Waals surface area contributed by atoms with Crippen molar-refractivity contribution in [3.8, 4) is 0 Å². The summed E-state index contributed by atoms with van der Waals surface area (Å²) in [6.45, 7) is 6.70. The van der Waals surface area contributed by atoms with E-state index >= 15 is 0 Å². The number of aromatic carboxylic acids is 1. The molecule has 1 rings (SSSR count). The molecular weight excluding hydrogens is 240 g/mol. The van der Waals surface area contributed by atoms with Gasteiger partial charge in [0.1, 0.15) is 16.4 Å². The van der Waals surface area contributed by atoms with Crippen LogP contribution in [0.15, 0.2) is 5.03 Å². The van der Waals surface area contributed by atoms with Gasteiger partial charge in [-0.05, 0) is 27.7 Å². The predicted octanol–water partition coefficient (Wildman–Crippen LogP) is 1.65. The first-order valence-electron chi connectivity index (χ1n) is 5.14.